The number of nitrogens with one attached hydrogen (secondary N) is 1. The van der Waals surface area contributed by atoms with E-state index in [1.54, 1.807) is 12.1 Å². The first-order chi connectivity index (χ1) is 12.7. The van der Waals surface area contributed by atoms with Gasteiger partial charge in [0.2, 0.25) is 0 Å². The molecule has 4 nitrogen and oxygen atoms in total. The number of hydrogen-bond acceptors (Lipinski definition) is 3. The second kappa shape index (κ2) is 11.2. The Morgan fingerprint density at radius 2 is 1.31 bits per heavy atom. The third-order valence-corrected chi connectivity index (χ3v) is 4.01. The number of carbonyl (C=O) groups excluding carboxylic acids is 1. The van der Waals surface area contributed by atoms with Crippen LogP contribution in [0.5, 0.6) is 11.5 Å². The van der Waals surface area contributed by atoms with Crippen LogP contribution < -0.4 is 14.8 Å². The Morgan fingerprint density at radius 3 is 1.88 bits per heavy atom. The van der Waals surface area contributed by atoms with E-state index in [1.165, 1.54) is 12.8 Å². The summed E-state index contributed by atoms with van der Waals surface area (Å²) in [6.45, 7) is 5.73. The van der Waals surface area contributed by atoms with Gasteiger partial charge in [-0.25, -0.2) is 0 Å². The summed E-state index contributed by atoms with van der Waals surface area (Å²) < 4.78 is 11.3. The van der Waals surface area contributed by atoms with E-state index in [4.69, 9.17) is 9.47 Å². The molecule has 1 amide bonds. The van der Waals surface area contributed by atoms with E-state index in [0.717, 1.165) is 43.1 Å². The molecule has 0 aliphatic heterocycles. The first-order valence-electron chi connectivity index (χ1n) is 9.50. The summed E-state index contributed by atoms with van der Waals surface area (Å²) >= 11 is 0. The van der Waals surface area contributed by atoms with Gasteiger partial charge in [-0.1, -0.05) is 33.1 Å². The molecule has 0 saturated carbocycles. The Bertz CT molecular complexity index is 650. The number of anilines is 1. The van der Waals surface area contributed by atoms with Gasteiger partial charge in [0, 0.05) is 11.3 Å². The van der Waals surface area contributed by atoms with Crippen molar-refractivity contribution in [2.24, 2.45) is 0 Å². The SMILES string of the molecule is CCCCCOc1ccc(C(=O)Nc2ccc(OCCCC)cc2)cc1. The number of rotatable bonds is 11. The molecule has 140 valence electrons. The first kappa shape index (κ1) is 19.8. The minimum atomic E-state index is -0.137. The van der Waals surface area contributed by atoms with Gasteiger partial charge in [-0.2, -0.15) is 0 Å². The van der Waals surface area contributed by atoms with Crippen molar-refractivity contribution in [3.05, 3.63) is 54.1 Å². The summed E-state index contributed by atoms with van der Waals surface area (Å²) in [4.78, 5) is 12.3. The summed E-state index contributed by atoms with van der Waals surface area (Å²) in [5.41, 5.74) is 1.35. The predicted octanol–water partition coefficient (Wildman–Crippen LogP) is 5.69. The van der Waals surface area contributed by atoms with Crippen LogP contribution in [0.3, 0.4) is 0 Å². The molecule has 0 aliphatic carbocycles. The van der Waals surface area contributed by atoms with Crippen molar-refractivity contribution in [3.63, 3.8) is 0 Å². The molecule has 1 N–H and O–H groups in total. The normalized spacial score (nSPS) is 10.4. The molecule has 0 unspecified atom stereocenters. The van der Waals surface area contributed by atoms with Gasteiger partial charge < -0.3 is 14.8 Å². The maximum Gasteiger partial charge on any atom is 0.255 e. The molecule has 0 radical (unpaired) electrons. The van der Waals surface area contributed by atoms with Gasteiger partial charge in [0.15, 0.2) is 0 Å². The smallest absolute Gasteiger partial charge is 0.255 e. The third kappa shape index (κ3) is 6.79. The Balaban J connectivity index is 1.83. The van der Waals surface area contributed by atoms with Gasteiger partial charge in [-0.15, -0.1) is 0 Å². The maximum absolute atomic E-state index is 12.3. The lowest BCUT2D eigenvalue weighted by molar-refractivity contribution is 0.102. The molecule has 0 saturated heterocycles. The van der Waals surface area contributed by atoms with Crippen LogP contribution in [0.25, 0.3) is 0 Å². The minimum absolute atomic E-state index is 0.137. The van der Waals surface area contributed by atoms with Gasteiger partial charge in [0.25, 0.3) is 5.91 Å². The minimum Gasteiger partial charge on any atom is -0.494 e. The van der Waals surface area contributed by atoms with Crippen LogP contribution in [-0.2, 0) is 0 Å². The topological polar surface area (TPSA) is 47.6 Å². The zero-order chi connectivity index (χ0) is 18.6. The lowest BCUT2D eigenvalue weighted by atomic mass is 10.2. The van der Waals surface area contributed by atoms with Crippen molar-refractivity contribution < 1.29 is 14.3 Å². The van der Waals surface area contributed by atoms with E-state index < -0.39 is 0 Å². The van der Waals surface area contributed by atoms with Crippen molar-refractivity contribution in [2.45, 2.75) is 46.0 Å². The van der Waals surface area contributed by atoms with E-state index in [1.807, 2.05) is 36.4 Å². The Morgan fingerprint density at radius 1 is 0.769 bits per heavy atom. The molecule has 0 bridgehead atoms. The van der Waals surface area contributed by atoms with Gasteiger partial charge in [0.05, 0.1) is 13.2 Å². The average Bonchev–Trinajstić information content (AvgIpc) is 2.67. The van der Waals surface area contributed by atoms with E-state index in [-0.39, 0.29) is 5.91 Å². The largest absolute Gasteiger partial charge is 0.494 e. The Labute approximate surface area is 156 Å². The van der Waals surface area contributed by atoms with Crippen LogP contribution in [0, 0.1) is 0 Å². The van der Waals surface area contributed by atoms with Crippen LogP contribution in [-0.4, -0.2) is 19.1 Å². The summed E-state index contributed by atoms with van der Waals surface area (Å²) in [7, 11) is 0. The first-order valence-corrected chi connectivity index (χ1v) is 9.50. The average molecular weight is 355 g/mol. The molecule has 4 heteroatoms. The second-order valence-electron chi connectivity index (χ2n) is 6.26. The summed E-state index contributed by atoms with van der Waals surface area (Å²) in [6.07, 6.45) is 5.54. The molecular weight excluding hydrogens is 326 g/mol. The lowest BCUT2D eigenvalue weighted by Gasteiger charge is -2.09. The number of benzene rings is 2. The highest BCUT2D eigenvalue weighted by molar-refractivity contribution is 6.04. The van der Waals surface area contributed by atoms with Gasteiger partial charge in [0.1, 0.15) is 11.5 Å². The third-order valence-electron chi connectivity index (χ3n) is 4.01. The molecule has 0 aromatic heterocycles. The number of carbonyl (C=O) groups is 1. The highest BCUT2D eigenvalue weighted by atomic mass is 16.5. The highest BCUT2D eigenvalue weighted by Crippen LogP contribution is 2.18. The summed E-state index contributed by atoms with van der Waals surface area (Å²) in [5, 5.41) is 2.90. The Hall–Kier alpha value is -2.49. The van der Waals surface area contributed by atoms with Gasteiger partial charge >= 0.3 is 0 Å². The molecule has 0 fully saturated rings. The van der Waals surface area contributed by atoms with Crippen LogP contribution in [0.4, 0.5) is 5.69 Å². The van der Waals surface area contributed by atoms with Crippen LogP contribution in [0.2, 0.25) is 0 Å². The molecule has 2 aromatic rings. The molecule has 0 heterocycles. The fraction of sp³-hybridized carbons (Fsp3) is 0.409. The van der Waals surface area contributed by atoms with E-state index in [2.05, 4.69) is 19.2 Å². The monoisotopic (exact) mass is 355 g/mol. The predicted molar refractivity (Wildman–Crippen MR) is 106 cm³/mol. The maximum atomic E-state index is 12.3. The van der Waals surface area contributed by atoms with Crippen molar-refractivity contribution in [3.8, 4) is 11.5 Å². The molecule has 2 aromatic carbocycles. The molecular formula is C22H29NO3. The Kier molecular flexibility index (Phi) is 8.53. The highest BCUT2D eigenvalue weighted by Gasteiger charge is 2.06. The number of hydrogen-bond donors (Lipinski definition) is 1. The van der Waals surface area contributed by atoms with Gasteiger partial charge in [-0.05, 0) is 61.4 Å². The zero-order valence-corrected chi connectivity index (χ0v) is 15.8. The number of ether oxygens (including phenoxy) is 2. The second-order valence-corrected chi connectivity index (χ2v) is 6.26. The van der Waals surface area contributed by atoms with Crippen molar-refractivity contribution in [2.75, 3.05) is 18.5 Å². The summed E-state index contributed by atoms with van der Waals surface area (Å²) in [6, 6.07) is 14.7. The van der Waals surface area contributed by atoms with Crippen molar-refractivity contribution in [1.29, 1.82) is 0 Å². The fourth-order valence-electron chi connectivity index (χ4n) is 2.42. The van der Waals surface area contributed by atoms with E-state index in [9.17, 15) is 4.79 Å². The summed E-state index contributed by atoms with van der Waals surface area (Å²) in [5.74, 6) is 1.48. The number of unbranched alkanes of at least 4 members (excludes halogenated alkanes) is 3. The quantitative estimate of drug-likeness (QED) is 0.527. The number of amides is 1. The molecule has 26 heavy (non-hydrogen) atoms. The van der Waals surface area contributed by atoms with Crippen LogP contribution in [0.15, 0.2) is 48.5 Å². The van der Waals surface area contributed by atoms with E-state index >= 15 is 0 Å². The van der Waals surface area contributed by atoms with Gasteiger partial charge in [-0.3, -0.25) is 4.79 Å². The fourth-order valence-corrected chi connectivity index (χ4v) is 2.42. The van der Waals surface area contributed by atoms with Crippen molar-refractivity contribution >= 4 is 11.6 Å². The molecule has 0 atom stereocenters. The van der Waals surface area contributed by atoms with Crippen molar-refractivity contribution in [1.82, 2.24) is 0 Å². The van der Waals surface area contributed by atoms with E-state index in [0.29, 0.717) is 12.2 Å². The molecule has 0 spiro atoms. The molecule has 2 rings (SSSR count). The zero-order valence-electron chi connectivity index (χ0n) is 15.8. The van der Waals surface area contributed by atoms with Crippen LogP contribution in [0.1, 0.15) is 56.3 Å². The standard InChI is InChI=1S/C22H29NO3/c1-3-5-7-17-26-20-12-8-18(9-13-20)22(24)23-19-10-14-21(15-11-19)25-16-6-4-2/h8-15H,3-7,16-17H2,1-2H3,(H,23,24). The lowest BCUT2D eigenvalue weighted by Crippen LogP contribution is -2.11. The molecule has 0 aliphatic rings. The van der Waals surface area contributed by atoms with Crippen LogP contribution >= 0.6 is 0 Å².